The zero-order chi connectivity index (χ0) is 20.2. The average molecular weight is 399 g/mol. The first-order valence-corrected chi connectivity index (χ1v) is 10.4. The molecule has 0 bridgehead atoms. The Bertz CT molecular complexity index is 914. The maximum Gasteiger partial charge on any atom is 0.317 e. The highest BCUT2D eigenvalue weighted by atomic mass is 16.5. The van der Waals surface area contributed by atoms with Gasteiger partial charge in [0.2, 0.25) is 0 Å². The highest BCUT2D eigenvalue weighted by Crippen LogP contribution is 2.21. The van der Waals surface area contributed by atoms with Crippen molar-refractivity contribution in [1.29, 1.82) is 0 Å². The highest BCUT2D eigenvalue weighted by molar-refractivity contribution is 5.81. The molecule has 0 atom stereocenters. The fraction of sp³-hybridized carbons (Fsp3) is 0.571. The predicted molar refractivity (Wildman–Crippen MR) is 112 cm³/mol. The van der Waals surface area contributed by atoms with Crippen LogP contribution in [0.5, 0.6) is 0 Å². The van der Waals surface area contributed by atoms with E-state index in [1.165, 1.54) is 12.8 Å². The van der Waals surface area contributed by atoms with Gasteiger partial charge in [-0.2, -0.15) is 0 Å². The number of rotatable bonds is 5. The molecule has 1 N–H and O–H groups in total. The van der Waals surface area contributed by atoms with Crippen molar-refractivity contribution in [2.24, 2.45) is 0 Å². The van der Waals surface area contributed by atoms with E-state index in [1.54, 1.807) is 18.0 Å². The lowest BCUT2D eigenvalue weighted by atomic mass is 10.2. The summed E-state index contributed by atoms with van der Waals surface area (Å²) in [5, 5.41) is 3.78. The van der Waals surface area contributed by atoms with Gasteiger partial charge < -0.3 is 19.9 Å². The molecule has 2 aliphatic rings. The number of hydrogen-bond donors (Lipinski definition) is 1. The van der Waals surface area contributed by atoms with E-state index in [4.69, 9.17) is 4.74 Å². The zero-order valence-electron chi connectivity index (χ0n) is 17.0. The molecule has 1 saturated heterocycles. The van der Waals surface area contributed by atoms with E-state index >= 15 is 0 Å². The average Bonchev–Trinajstić information content (AvgIpc) is 3.26. The Hall–Kier alpha value is -2.61. The van der Waals surface area contributed by atoms with Crippen molar-refractivity contribution < 1.29 is 9.53 Å². The van der Waals surface area contributed by atoms with E-state index < -0.39 is 0 Å². The van der Waals surface area contributed by atoms with Crippen molar-refractivity contribution in [3.8, 4) is 0 Å². The minimum Gasteiger partial charge on any atom is -0.383 e. The van der Waals surface area contributed by atoms with E-state index in [0.29, 0.717) is 43.2 Å². The van der Waals surface area contributed by atoms with Gasteiger partial charge >= 0.3 is 6.03 Å². The van der Waals surface area contributed by atoms with Crippen LogP contribution in [0.4, 0.5) is 10.5 Å². The molecular weight excluding hydrogens is 370 g/mol. The van der Waals surface area contributed by atoms with E-state index in [2.05, 4.69) is 15.2 Å². The third kappa shape index (κ3) is 4.37. The van der Waals surface area contributed by atoms with Crippen LogP contribution in [0.1, 0.15) is 25.7 Å². The van der Waals surface area contributed by atoms with Crippen LogP contribution < -0.4 is 15.8 Å². The number of urea groups is 1. The summed E-state index contributed by atoms with van der Waals surface area (Å²) in [6.45, 7) is 3.91. The quantitative estimate of drug-likeness (QED) is 0.830. The summed E-state index contributed by atoms with van der Waals surface area (Å²) >= 11 is 0. The van der Waals surface area contributed by atoms with E-state index in [0.717, 1.165) is 31.6 Å². The number of piperazine rings is 1. The summed E-state index contributed by atoms with van der Waals surface area (Å²) < 4.78 is 6.62. The van der Waals surface area contributed by atoms with E-state index in [1.807, 2.05) is 23.1 Å². The lowest BCUT2D eigenvalue weighted by Gasteiger charge is -2.36. The molecule has 8 nitrogen and oxygen atoms in total. The molecule has 0 spiro atoms. The van der Waals surface area contributed by atoms with Crippen LogP contribution in [0.25, 0.3) is 10.9 Å². The van der Waals surface area contributed by atoms with Crippen LogP contribution >= 0.6 is 0 Å². The first-order valence-electron chi connectivity index (χ1n) is 10.4. The van der Waals surface area contributed by atoms with Crippen LogP contribution in [0.3, 0.4) is 0 Å². The number of carbonyl (C=O) groups excluding carboxylic acids is 1. The Kier molecular flexibility index (Phi) is 5.99. The molecule has 1 aliphatic carbocycles. The third-order valence-electron chi connectivity index (χ3n) is 5.96. The smallest absolute Gasteiger partial charge is 0.317 e. The molecular formula is C21H29N5O3. The number of hydrogen-bond acceptors (Lipinski definition) is 5. The van der Waals surface area contributed by atoms with Gasteiger partial charge in [0.25, 0.3) is 5.56 Å². The van der Waals surface area contributed by atoms with Gasteiger partial charge in [0.15, 0.2) is 0 Å². The predicted octanol–water partition coefficient (Wildman–Crippen LogP) is 1.82. The van der Waals surface area contributed by atoms with Gasteiger partial charge in [0.1, 0.15) is 0 Å². The normalized spacial score (nSPS) is 17.8. The number of nitrogens with zero attached hydrogens (tertiary/aromatic N) is 4. The Labute approximate surface area is 170 Å². The van der Waals surface area contributed by atoms with Crippen LogP contribution in [-0.2, 0) is 11.3 Å². The first-order chi connectivity index (χ1) is 14.2. The van der Waals surface area contributed by atoms with Gasteiger partial charge in [-0.05, 0) is 31.0 Å². The molecule has 29 heavy (non-hydrogen) atoms. The molecule has 2 fully saturated rings. The first kappa shape index (κ1) is 19.7. The minimum atomic E-state index is -0.0491. The monoisotopic (exact) mass is 399 g/mol. The maximum absolute atomic E-state index is 12.6. The van der Waals surface area contributed by atoms with Gasteiger partial charge in [-0.15, -0.1) is 0 Å². The van der Waals surface area contributed by atoms with Crippen LogP contribution in [0.15, 0.2) is 29.3 Å². The molecule has 2 aromatic rings. The molecule has 0 unspecified atom stereocenters. The van der Waals surface area contributed by atoms with Crippen molar-refractivity contribution in [2.45, 2.75) is 38.3 Å². The number of nitrogens with one attached hydrogen (secondary N) is 1. The van der Waals surface area contributed by atoms with Crippen molar-refractivity contribution in [1.82, 2.24) is 19.8 Å². The Balaban J connectivity index is 1.40. The molecule has 1 aromatic heterocycles. The number of benzene rings is 1. The highest BCUT2D eigenvalue weighted by Gasteiger charge is 2.24. The fourth-order valence-electron chi connectivity index (χ4n) is 4.20. The Morgan fingerprint density at radius 3 is 2.69 bits per heavy atom. The van der Waals surface area contributed by atoms with E-state index in [-0.39, 0.29) is 11.6 Å². The zero-order valence-corrected chi connectivity index (χ0v) is 17.0. The summed E-state index contributed by atoms with van der Waals surface area (Å²) in [5.41, 5.74) is 1.68. The second-order valence-corrected chi connectivity index (χ2v) is 7.84. The second kappa shape index (κ2) is 8.82. The summed E-state index contributed by atoms with van der Waals surface area (Å²) in [5.74, 6) is 0. The third-order valence-corrected chi connectivity index (χ3v) is 5.96. The molecule has 8 heteroatoms. The summed E-state index contributed by atoms with van der Waals surface area (Å²) in [6.07, 6.45) is 6.21. The van der Waals surface area contributed by atoms with Gasteiger partial charge in [0, 0.05) is 45.0 Å². The van der Waals surface area contributed by atoms with E-state index in [9.17, 15) is 9.59 Å². The molecule has 2 heterocycles. The topological polar surface area (TPSA) is 79.7 Å². The SMILES string of the molecule is COCCn1cnc2cc(N3CCN(C(=O)NC4CCCC4)CC3)ccc2c1=O. The molecule has 4 rings (SSSR count). The Morgan fingerprint density at radius 2 is 1.97 bits per heavy atom. The largest absolute Gasteiger partial charge is 0.383 e. The molecule has 2 amide bonds. The number of aromatic nitrogens is 2. The van der Waals surface area contributed by atoms with Gasteiger partial charge in [-0.1, -0.05) is 12.8 Å². The molecule has 1 aliphatic heterocycles. The fourth-order valence-corrected chi connectivity index (χ4v) is 4.20. The van der Waals surface area contributed by atoms with Gasteiger partial charge in [-0.25, -0.2) is 9.78 Å². The Morgan fingerprint density at radius 1 is 1.21 bits per heavy atom. The summed E-state index contributed by atoms with van der Waals surface area (Å²) in [6, 6.07) is 6.20. The maximum atomic E-state index is 12.6. The molecule has 156 valence electrons. The van der Waals surface area contributed by atoms with Crippen molar-refractivity contribution in [3.05, 3.63) is 34.9 Å². The molecule has 1 aromatic carbocycles. The number of fused-ring (bicyclic) bond motifs is 1. The standard InChI is InChI=1S/C21H29N5O3/c1-29-13-12-26-15-22-19-14-17(6-7-18(19)20(26)27)24-8-10-25(11-9-24)21(28)23-16-4-2-3-5-16/h6-7,14-16H,2-5,8-13H2,1H3,(H,23,28). The number of anilines is 1. The molecule has 0 radical (unpaired) electrons. The molecule has 1 saturated carbocycles. The number of carbonyl (C=O) groups is 1. The van der Waals surface area contributed by atoms with Crippen molar-refractivity contribution >= 4 is 22.6 Å². The minimum absolute atomic E-state index is 0.0491. The van der Waals surface area contributed by atoms with Crippen LogP contribution in [0.2, 0.25) is 0 Å². The number of methoxy groups -OCH3 is 1. The number of ether oxygens (including phenoxy) is 1. The number of amides is 2. The van der Waals surface area contributed by atoms with Gasteiger partial charge in [0.05, 0.1) is 30.4 Å². The van der Waals surface area contributed by atoms with Gasteiger partial charge in [-0.3, -0.25) is 9.36 Å². The van der Waals surface area contributed by atoms with Crippen LogP contribution in [-0.4, -0.2) is 66.4 Å². The lowest BCUT2D eigenvalue weighted by Crippen LogP contribution is -2.53. The second-order valence-electron chi connectivity index (χ2n) is 7.84. The lowest BCUT2D eigenvalue weighted by molar-refractivity contribution is 0.186. The van der Waals surface area contributed by atoms with Crippen LogP contribution in [0, 0.1) is 0 Å². The summed E-state index contributed by atoms with van der Waals surface area (Å²) in [4.78, 5) is 33.7. The van der Waals surface area contributed by atoms with Crippen molar-refractivity contribution in [2.75, 3.05) is 44.8 Å². The van der Waals surface area contributed by atoms with Crippen molar-refractivity contribution in [3.63, 3.8) is 0 Å². The summed E-state index contributed by atoms with van der Waals surface area (Å²) in [7, 11) is 1.61.